The molecule has 0 unspecified atom stereocenters. The Morgan fingerprint density at radius 2 is 2.11 bits per heavy atom. The molecule has 0 fully saturated rings. The van der Waals surface area contributed by atoms with Gasteiger partial charge in [0.15, 0.2) is 5.82 Å². The standard InChI is InChI=1S/C12H14N4O2/c1-3-18-10-6-4-9(5-7-10)11-14-12(16-15-11)13-8(2)17/h4-7H,3H2,1-2H3,(H2,13,14,15,16,17). The Labute approximate surface area is 104 Å². The largest absolute Gasteiger partial charge is 0.494 e. The van der Waals surface area contributed by atoms with Crippen LogP contribution in [0.2, 0.25) is 0 Å². The fourth-order valence-corrected chi connectivity index (χ4v) is 1.48. The molecule has 0 aliphatic rings. The number of nitrogens with zero attached hydrogens (tertiary/aromatic N) is 2. The number of amides is 1. The van der Waals surface area contributed by atoms with E-state index in [1.807, 2.05) is 31.2 Å². The van der Waals surface area contributed by atoms with Crippen molar-refractivity contribution < 1.29 is 9.53 Å². The van der Waals surface area contributed by atoms with Crippen LogP contribution in [-0.2, 0) is 4.79 Å². The van der Waals surface area contributed by atoms with Crippen LogP contribution in [0.25, 0.3) is 11.4 Å². The van der Waals surface area contributed by atoms with Crippen LogP contribution in [-0.4, -0.2) is 27.7 Å². The highest BCUT2D eigenvalue weighted by molar-refractivity contribution is 5.86. The second-order valence-corrected chi connectivity index (χ2v) is 3.65. The van der Waals surface area contributed by atoms with Crippen LogP contribution >= 0.6 is 0 Å². The molecule has 2 N–H and O–H groups in total. The molecule has 0 saturated carbocycles. The van der Waals surface area contributed by atoms with Crippen LogP contribution in [0.5, 0.6) is 5.75 Å². The van der Waals surface area contributed by atoms with E-state index in [4.69, 9.17) is 4.74 Å². The molecule has 0 saturated heterocycles. The second kappa shape index (κ2) is 5.31. The van der Waals surface area contributed by atoms with Crippen molar-refractivity contribution in [3.63, 3.8) is 0 Å². The average Bonchev–Trinajstić information content (AvgIpc) is 2.78. The number of ether oxygens (including phenoxy) is 1. The minimum absolute atomic E-state index is 0.202. The predicted molar refractivity (Wildman–Crippen MR) is 67.3 cm³/mol. The third-order valence-electron chi connectivity index (χ3n) is 2.21. The zero-order valence-corrected chi connectivity index (χ0v) is 10.2. The Morgan fingerprint density at radius 1 is 1.39 bits per heavy atom. The third-order valence-corrected chi connectivity index (χ3v) is 2.21. The van der Waals surface area contributed by atoms with E-state index in [1.54, 1.807) is 0 Å². The zero-order chi connectivity index (χ0) is 13.0. The number of nitrogens with one attached hydrogen (secondary N) is 2. The number of carbonyl (C=O) groups is 1. The molecule has 1 aromatic carbocycles. The Balaban J connectivity index is 2.15. The number of hydrogen-bond acceptors (Lipinski definition) is 4. The van der Waals surface area contributed by atoms with Crippen LogP contribution < -0.4 is 10.1 Å². The number of aromatic nitrogens is 3. The van der Waals surface area contributed by atoms with Gasteiger partial charge in [-0.25, -0.2) is 0 Å². The summed E-state index contributed by atoms with van der Waals surface area (Å²) in [5.74, 6) is 1.48. The lowest BCUT2D eigenvalue weighted by Gasteiger charge is -2.02. The van der Waals surface area contributed by atoms with Crippen LogP contribution in [0.15, 0.2) is 24.3 Å². The number of hydrogen-bond donors (Lipinski definition) is 2. The van der Waals surface area contributed by atoms with Crippen molar-refractivity contribution in [2.75, 3.05) is 11.9 Å². The quantitative estimate of drug-likeness (QED) is 0.862. The number of rotatable bonds is 4. The van der Waals surface area contributed by atoms with E-state index >= 15 is 0 Å². The average molecular weight is 246 g/mol. The van der Waals surface area contributed by atoms with Crippen molar-refractivity contribution >= 4 is 11.9 Å². The lowest BCUT2D eigenvalue weighted by molar-refractivity contribution is -0.114. The van der Waals surface area contributed by atoms with Gasteiger partial charge in [0, 0.05) is 12.5 Å². The summed E-state index contributed by atoms with van der Waals surface area (Å²) in [6.45, 7) is 3.98. The highest BCUT2D eigenvalue weighted by atomic mass is 16.5. The van der Waals surface area contributed by atoms with Crippen LogP contribution in [0.4, 0.5) is 5.95 Å². The second-order valence-electron chi connectivity index (χ2n) is 3.65. The van der Waals surface area contributed by atoms with Crippen molar-refractivity contribution in [1.29, 1.82) is 0 Å². The van der Waals surface area contributed by atoms with Crippen molar-refractivity contribution in [2.45, 2.75) is 13.8 Å². The van der Waals surface area contributed by atoms with Crippen LogP contribution in [0, 0.1) is 0 Å². The van der Waals surface area contributed by atoms with E-state index in [9.17, 15) is 4.79 Å². The molecule has 0 aliphatic heterocycles. The zero-order valence-electron chi connectivity index (χ0n) is 10.2. The fraction of sp³-hybridized carbons (Fsp3) is 0.250. The summed E-state index contributed by atoms with van der Waals surface area (Å²) < 4.78 is 5.35. The van der Waals surface area contributed by atoms with E-state index < -0.39 is 0 Å². The van der Waals surface area contributed by atoms with Crippen LogP contribution in [0.1, 0.15) is 13.8 Å². The molecule has 1 heterocycles. The number of benzene rings is 1. The topological polar surface area (TPSA) is 79.9 Å². The maximum atomic E-state index is 10.9. The Kier molecular flexibility index (Phi) is 3.57. The monoisotopic (exact) mass is 246 g/mol. The summed E-state index contributed by atoms with van der Waals surface area (Å²) in [6.07, 6.45) is 0. The molecule has 0 radical (unpaired) electrons. The van der Waals surface area contributed by atoms with Gasteiger partial charge in [0.25, 0.3) is 0 Å². The van der Waals surface area contributed by atoms with E-state index in [0.29, 0.717) is 12.4 Å². The normalized spacial score (nSPS) is 10.1. The number of carbonyl (C=O) groups excluding carboxylic acids is 1. The van der Waals surface area contributed by atoms with E-state index in [2.05, 4.69) is 20.5 Å². The van der Waals surface area contributed by atoms with Crippen LogP contribution in [0.3, 0.4) is 0 Å². The van der Waals surface area contributed by atoms with Gasteiger partial charge in [-0.1, -0.05) is 0 Å². The van der Waals surface area contributed by atoms with Gasteiger partial charge in [0.05, 0.1) is 6.61 Å². The summed E-state index contributed by atoms with van der Waals surface area (Å²) in [5, 5.41) is 9.16. The minimum atomic E-state index is -0.202. The molecule has 0 atom stereocenters. The van der Waals surface area contributed by atoms with E-state index in [-0.39, 0.29) is 11.9 Å². The maximum absolute atomic E-state index is 10.9. The van der Waals surface area contributed by atoms with Gasteiger partial charge in [0.1, 0.15) is 5.75 Å². The highest BCUT2D eigenvalue weighted by Crippen LogP contribution is 2.19. The number of H-pyrrole nitrogens is 1. The van der Waals surface area contributed by atoms with Crippen molar-refractivity contribution in [3.8, 4) is 17.1 Å². The van der Waals surface area contributed by atoms with Crippen molar-refractivity contribution in [2.24, 2.45) is 0 Å². The first-order valence-electron chi connectivity index (χ1n) is 5.62. The Hall–Kier alpha value is -2.37. The molecule has 18 heavy (non-hydrogen) atoms. The summed E-state index contributed by atoms with van der Waals surface area (Å²) in [7, 11) is 0. The molecule has 0 bridgehead atoms. The summed E-state index contributed by atoms with van der Waals surface area (Å²) in [4.78, 5) is 15.0. The molecule has 2 rings (SSSR count). The maximum Gasteiger partial charge on any atom is 0.249 e. The first-order chi connectivity index (χ1) is 8.69. The first-order valence-corrected chi connectivity index (χ1v) is 5.62. The van der Waals surface area contributed by atoms with Gasteiger partial charge >= 0.3 is 0 Å². The van der Waals surface area contributed by atoms with Gasteiger partial charge in [-0.05, 0) is 31.2 Å². The number of aromatic amines is 1. The molecular formula is C12H14N4O2. The Bertz CT molecular complexity index is 533. The lowest BCUT2D eigenvalue weighted by atomic mass is 10.2. The van der Waals surface area contributed by atoms with Gasteiger partial charge in [-0.3, -0.25) is 15.2 Å². The van der Waals surface area contributed by atoms with Crippen molar-refractivity contribution in [1.82, 2.24) is 15.2 Å². The SMILES string of the molecule is CCOc1ccc(-c2nc(NC(C)=O)n[nH]2)cc1. The molecule has 6 nitrogen and oxygen atoms in total. The fourth-order valence-electron chi connectivity index (χ4n) is 1.48. The summed E-state index contributed by atoms with van der Waals surface area (Å²) >= 11 is 0. The molecule has 1 aromatic heterocycles. The third kappa shape index (κ3) is 2.85. The van der Waals surface area contributed by atoms with Gasteiger partial charge in [-0.2, -0.15) is 4.98 Å². The molecule has 0 aliphatic carbocycles. The van der Waals surface area contributed by atoms with Gasteiger partial charge in [0.2, 0.25) is 11.9 Å². The van der Waals surface area contributed by atoms with E-state index in [1.165, 1.54) is 6.92 Å². The molecule has 1 amide bonds. The summed E-state index contributed by atoms with van der Waals surface area (Å²) in [6, 6.07) is 7.48. The highest BCUT2D eigenvalue weighted by Gasteiger charge is 2.06. The smallest absolute Gasteiger partial charge is 0.249 e. The summed E-state index contributed by atoms with van der Waals surface area (Å²) in [5.41, 5.74) is 0.877. The first kappa shape index (κ1) is 12.1. The lowest BCUT2D eigenvalue weighted by Crippen LogP contribution is -2.06. The van der Waals surface area contributed by atoms with Gasteiger partial charge in [-0.15, -0.1) is 5.10 Å². The molecule has 94 valence electrons. The Morgan fingerprint density at radius 3 is 2.72 bits per heavy atom. The van der Waals surface area contributed by atoms with Crippen molar-refractivity contribution in [3.05, 3.63) is 24.3 Å². The molecular weight excluding hydrogens is 232 g/mol. The molecule has 6 heteroatoms. The molecule has 0 spiro atoms. The van der Waals surface area contributed by atoms with Gasteiger partial charge < -0.3 is 4.74 Å². The predicted octanol–water partition coefficient (Wildman–Crippen LogP) is 1.83. The number of anilines is 1. The molecule has 2 aromatic rings. The minimum Gasteiger partial charge on any atom is -0.494 e. The van der Waals surface area contributed by atoms with E-state index in [0.717, 1.165) is 11.3 Å².